The lowest BCUT2D eigenvalue weighted by Crippen LogP contribution is -2.36. The van der Waals surface area contributed by atoms with Crippen LogP contribution in [0.4, 0.5) is 15.8 Å². The minimum Gasteiger partial charge on any atom is -0.378 e. The van der Waals surface area contributed by atoms with Crippen molar-refractivity contribution < 1.29 is 13.9 Å². The number of halogens is 1. The first kappa shape index (κ1) is 19.2. The van der Waals surface area contributed by atoms with Crippen molar-refractivity contribution >= 4 is 17.3 Å². The van der Waals surface area contributed by atoms with Gasteiger partial charge >= 0.3 is 0 Å². The number of hydrogen-bond acceptors (Lipinski definition) is 3. The maximum absolute atomic E-state index is 14.3. The molecule has 1 fully saturated rings. The van der Waals surface area contributed by atoms with Gasteiger partial charge in [0.2, 0.25) is 0 Å². The van der Waals surface area contributed by atoms with Crippen molar-refractivity contribution in [1.29, 1.82) is 0 Å². The summed E-state index contributed by atoms with van der Waals surface area (Å²) < 4.78 is 21.5. The second kappa shape index (κ2) is 8.09. The first-order chi connectivity index (χ1) is 14.1. The lowest BCUT2D eigenvalue weighted by atomic mass is 10.2. The van der Waals surface area contributed by atoms with Gasteiger partial charge in [0.1, 0.15) is 5.82 Å². The summed E-state index contributed by atoms with van der Waals surface area (Å²) in [4.78, 5) is 15.3. The summed E-state index contributed by atoms with van der Waals surface area (Å²) in [6, 6.07) is 16.2. The molecular weight excluding hydrogens is 369 g/mol. The lowest BCUT2D eigenvalue weighted by molar-refractivity contribution is 0.102. The minimum absolute atomic E-state index is 0.207. The van der Waals surface area contributed by atoms with Crippen LogP contribution in [0.5, 0.6) is 0 Å². The molecule has 1 saturated heterocycles. The molecule has 0 spiro atoms. The van der Waals surface area contributed by atoms with Gasteiger partial charge in [-0.15, -0.1) is 0 Å². The van der Waals surface area contributed by atoms with E-state index in [1.807, 2.05) is 38.1 Å². The third-order valence-corrected chi connectivity index (χ3v) is 5.27. The van der Waals surface area contributed by atoms with Crippen molar-refractivity contribution in [2.24, 2.45) is 0 Å². The van der Waals surface area contributed by atoms with Gasteiger partial charge in [-0.05, 0) is 44.2 Å². The van der Waals surface area contributed by atoms with Gasteiger partial charge in [-0.2, -0.15) is 0 Å². The molecule has 1 N–H and O–H groups in total. The summed E-state index contributed by atoms with van der Waals surface area (Å²) in [5, 5.41) is 3.04. The van der Waals surface area contributed by atoms with Gasteiger partial charge in [0.05, 0.1) is 35.8 Å². The highest BCUT2D eigenvalue weighted by Gasteiger charge is 2.20. The van der Waals surface area contributed by atoms with Crippen LogP contribution in [0.1, 0.15) is 21.7 Å². The van der Waals surface area contributed by atoms with Crippen LogP contribution in [0, 0.1) is 19.7 Å². The monoisotopic (exact) mass is 393 g/mol. The van der Waals surface area contributed by atoms with Crippen molar-refractivity contribution in [2.75, 3.05) is 36.5 Å². The number of nitrogens with one attached hydrogen (secondary N) is 1. The first-order valence-electron chi connectivity index (χ1n) is 9.73. The molecule has 0 atom stereocenters. The number of para-hydroxylation sites is 3. The largest absolute Gasteiger partial charge is 0.378 e. The number of hydrogen-bond donors (Lipinski definition) is 1. The van der Waals surface area contributed by atoms with Crippen molar-refractivity contribution in [1.82, 2.24) is 4.57 Å². The van der Waals surface area contributed by atoms with E-state index in [9.17, 15) is 9.18 Å². The summed E-state index contributed by atoms with van der Waals surface area (Å²) in [7, 11) is 0. The molecule has 0 unspecified atom stereocenters. The first-order valence-corrected chi connectivity index (χ1v) is 9.73. The van der Waals surface area contributed by atoms with Crippen LogP contribution in [0.3, 0.4) is 0 Å². The van der Waals surface area contributed by atoms with E-state index in [0.717, 1.165) is 30.2 Å². The van der Waals surface area contributed by atoms with Gasteiger partial charge in [0, 0.05) is 24.5 Å². The lowest BCUT2D eigenvalue weighted by Gasteiger charge is -2.30. The maximum atomic E-state index is 14.3. The highest BCUT2D eigenvalue weighted by atomic mass is 19.1. The molecule has 0 aliphatic carbocycles. The van der Waals surface area contributed by atoms with Crippen LogP contribution in [-0.4, -0.2) is 36.8 Å². The van der Waals surface area contributed by atoms with E-state index in [0.29, 0.717) is 30.2 Å². The van der Waals surface area contributed by atoms with Gasteiger partial charge < -0.3 is 19.5 Å². The van der Waals surface area contributed by atoms with E-state index >= 15 is 0 Å². The Morgan fingerprint density at radius 1 is 1.00 bits per heavy atom. The van der Waals surface area contributed by atoms with Gasteiger partial charge in [-0.1, -0.05) is 24.3 Å². The molecule has 1 amide bonds. The zero-order valence-corrected chi connectivity index (χ0v) is 16.6. The van der Waals surface area contributed by atoms with Crippen molar-refractivity contribution in [3.8, 4) is 5.69 Å². The van der Waals surface area contributed by atoms with Gasteiger partial charge in [0.15, 0.2) is 0 Å². The highest BCUT2D eigenvalue weighted by molar-refractivity contribution is 6.07. The number of carbonyl (C=O) groups excluding carboxylic acids is 1. The minimum atomic E-state index is -0.320. The summed E-state index contributed by atoms with van der Waals surface area (Å²) in [5.74, 6) is -0.527. The molecule has 3 aromatic rings. The summed E-state index contributed by atoms with van der Waals surface area (Å²) in [6.45, 7) is 6.63. The van der Waals surface area contributed by atoms with Crippen LogP contribution < -0.4 is 10.2 Å². The second-order valence-electron chi connectivity index (χ2n) is 7.14. The van der Waals surface area contributed by atoms with Gasteiger partial charge in [0.25, 0.3) is 5.91 Å². The Hall–Kier alpha value is -3.12. The molecule has 1 aliphatic heterocycles. The Kier molecular flexibility index (Phi) is 5.36. The second-order valence-corrected chi connectivity index (χ2v) is 7.14. The zero-order valence-electron chi connectivity index (χ0n) is 16.6. The number of ether oxygens (including phenoxy) is 1. The predicted molar refractivity (Wildman–Crippen MR) is 113 cm³/mol. The molecular formula is C23H24FN3O2. The molecule has 29 heavy (non-hydrogen) atoms. The van der Waals surface area contributed by atoms with E-state index in [2.05, 4.69) is 10.2 Å². The number of anilines is 2. The van der Waals surface area contributed by atoms with Gasteiger partial charge in [-0.25, -0.2) is 4.39 Å². The molecule has 1 aromatic heterocycles. The summed E-state index contributed by atoms with van der Waals surface area (Å²) in [5.41, 5.74) is 4.22. The number of aryl methyl sites for hydroxylation is 1. The molecule has 5 nitrogen and oxygen atoms in total. The average molecular weight is 393 g/mol. The number of amides is 1. The summed E-state index contributed by atoms with van der Waals surface area (Å²) in [6.07, 6.45) is 0. The van der Waals surface area contributed by atoms with Crippen molar-refractivity contribution in [2.45, 2.75) is 13.8 Å². The molecule has 150 valence electrons. The van der Waals surface area contributed by atoms with E-state index in [-0.39, 0.29) is 11.7 Å². The molecule has 4 rings (SSSR count). The topological polar surface area (TPSA) is 46.5 Å². The van der Waals surface area contributed by atoms with Crippen LogP contribution in [-0.2, 0) is 4.74 Å². The van der Waals surface area contributed by atoms with Crippen molar-refractivity contribution in [3.63, 3.8) is 0 Å². The Balaban J connectivity index is 1.64. The number of carbonyl (C=O) groups is 1. The van der Waals surface area contributed by atoms with Crippen molar-refractivity contribution in [3.05, 3.63) is 77.4 Å². The van der Waals surface area contributed by atoms with Crippen LogP contribution >= 0.6 is 0 Å². The fraction of sp³-hybridized carbons (Fsp3) is 0.261. The van der Waals surface area contributed by atoms with E-state index in [1.165, 1.54) is 6.07 Å². The average Bonchev–Trinajstić information content (AvgIpc) is 3.04. The zero-order chi connectivity index (χ0) is 20.4. The summed E-state index contributed by atoms with van der Waals surface area (Å²) >= 11 is 0. The molecule has 2 aromatic carbocycles. The number of nitrogens with zero attached hydrogens (tertiary/aromatic N) is 2. The number of rotatable bonds is 4. The van der Waals surface area contributed by atoms with Crippen LogP contribution in [0.2, 0.25) is 0 Å². The van der Waals surface area contributed by atoms with E-state index in [1.54, 1.807) is 28.8 Å². The number of morpholine rings is 1. The quantitative estimate of drug-likeness (QED) is 0.718. The molecule has 0 saturated carbocycles. The van der Waals surface area contributed by atoms with Crippen LogP contribution in [0.15, 0.2) is 54.6 Å². The Morgan fingerprint density at radius 3 is 2.38 bits per heavy atom. The van der Waals surface area contributed by atoms with E-state index < -0.39 is 0 Å². The third kappa shape index (κ3) is 3.76. The Labute approximate surface area is 169 Å². The normalized spacial score (nSPS) is 14.1. The fourth-order valence-corrected chi connectivity index (χ4v) is 3.85. The predicted octanol–water partition coefficient (Wildman–Crippen LogP) is 4.32. The maximum Gasteiger partial charge on any atom is 0.257 e. The molecule has 1 aliphatic rings. The van der Waals surface area contributed by atoms with Gasteiger partial charge in [-0.3, -0.25) is 4.79 Å². The van der Waals surface area contributed by atoms with Crippen LogP contribution in [0.25, 0.3) is 5.69 Å². The standard InChI is InChI=1S/C23H24FN3O2/c1-16-15-18(17(2)27(16)21-9-5-3-7-19(21)24)23(28)25-20-8-4-6-10-22(20)26-11-13-29-14-12-26/h3-10,15H,11-14H2,1-2H3,(H,25,28). The van der Waals surface area contributed by atoms with E-state index in [4.69, 9.17) is 4.74 Å². The smallest absolute Gasteiger partial charge is 0.257 e. The fourth-order valence-electron chi connectivity index (χ4n) is 3.85. The third-order valence-electron chi connectivity index (χ3n) is 5.27. The number of benzene rings is 2. The highest BCUT2D eigenvalue weighted by Crippen LogP contribution is 2.28. The Bertz CT molecular complexity index is 1040. The Morgan fingerprint density at radius 2 is 1.66 bits per heavy atom. The molecule has 0 bridgehead atoms. The molecule has 2 heterocycles. The number of aromatic nitrogens is 1. The molecule has 0 radical (unpaired) electrons. The SMILES string of the molecule is Cc1cc(C(=O)Nc2ccccc2N2CCOCC2)c(C)n1-c1ccccc1F. The molecule has 6 heteroatoms.